The van der Waals surface area contributed by atoms with Gasteiger partial charge in [0, 0.05) is 61.3 Å². The standard InChI is InChI=1S/C29H25N5O2S/c1-2-21-18-23(10-11-25(21)32-37-27-9-3-6-22-7-5-13-31-28(22)27)29(36)34-16-14-33(15-17-34)26(20-35)24-8-4-12-30-19-24/h1,3-13,18-20,26,32H,14-17H2. The number of piperazine rings is 1. The maximum atomic E-state index is 13.2. The maximum Gasteiger partial charge on any atom is 0.253 e. The van der Waals surface area contributed by atoms with Crippen LogP contribution in [0, 0.1) is 12.3 Å². The lowest BCUT2D eigenvalue weighted by atomic mass is 10.1. The monoisotopic (exact) mass is 507 g/mol. The van der Waals surface area contributed by atoms with E-state index in [-0.39, 0.29) is 11.9 Å². The second-order valence-electron chi connectivity index (χ2n) is 8.64. The van der Waals surface area contributed by atoms with Crippen molar-refractivity contribution in [1.82, 2.24) is 19.8 Å². The molecule has 1 saturated heterocycles. The van der Waals surface area contributed by atoms with Gasteiger partial charge in [0.05, 0.1) is 22.1 Å². The summed E-state index contributed by atoms with van der Waals surface area (Å²) in [5.74, 6) is 2.63. The third kappa shape index (κ3) is 5.33. The predicted octanol–water partition coefficient (Wildman–Crippen LogP) is 4.43. The van der Waals surface area contributed by atoms with E-state index in [9.17, 15) is 9.59 Å². The lowest BCUT2D eigenvalue weighted by molar-refractivity contribution is -0.113. The predicted molar refractivity (Wildman–Crippen MR) is 146 cm³/mol. The summed E-state index contributed by atoms with van der Waals surface area (Å²) in [7, 11) is 0. The van der Waals surface area contributed by atoms with E-state index in [1.54, 1.807) is 35.6 Å². The fraction of sp³-hybridized carbons (Fsp3) is 0.172. The van der Waals surface area contributed by atoms with Gasteiger partial charge in [-0.05, 0) is 53.9 Å². The van der Waals surface area contributed by atoms with Crippen molar-refractivity contribution in [3.63, 3.8) is 0 Å². The summed E-state index contributed by atoms with van der Waals surface area (Å²) in [6.07, 6.45) is 11.9. The number of rotatable bonds is 7. The second-order valence-corrected chi connectivity index (χ2v) is 9.48. The van der Waals surface area contributed by atoms with Gasteiger partial charge in [-0.3, -0.25) is 19.7 Å². The van der Waals surface area contributed by atoms with Crippen LogP contribution in [0.1, 0.15) is 27.5 Å². The van der Waals surface area contributed by atoms with E-state index >= 15 is 0 Å². The first kappa shape index (κ1) is 24.5. The highest BCUT2D eigenvalue weighted by molar-refractivity contribution is 8.00. The number of fused-ring (bicyclic) bond motifs is 1. The van der Waals surface area contributed by atoms with Gasteiger partial charge in [-0.15, -0.1) is 6.42 Å². The van der Waals surface area contributed by atoms with Crippen LogP contribution in [-0.4, -0.2) is 58.1 Å². The molecule has 1 aliphatic rings. The first-order valence-corrected chi connectivity index (χ1v) is 12.8. The molecule has 1 unspecified atom stereocenters. The molecule has 1 atom stereocenters. The van der Waals surface area contributed by atoms with Crippen molar-refractivity contribution in [2.24, 2.45) is 0 Å². The zero-order valence-corrected chi connectivity index (χ0v) is 20.9. The molecular formula is C29H25N5O2S. The molecule has 37 heavy (non-hydrogen) atoms. The molecule has 1 aliphatic heterocycles. The molecule has 5 rings (SSSR count). The summed E-state index contributed by atoms with van der Waals surface area (Å²) in [5, 5.41) is 1.06. The Balaban J connectivity index is 1.24. The molecule has 0 spiro atoms. The number of aldehydes is 1. The average molecular weight is 508 g/mol. The minimum atomic E-state index is -0.362. The molecule has 1 fully saturated rings. The summed E-state index contributed by atoms with van der Waals surface area (Å²) >= 11 is 1.44. The Hall–Kier alpha value is -4.19. The van der Waals surface area contributed by atoms with Gasteiger partial charge in [-0.2, -0.15) is 0 Å². The Bertz CT molecular complexity index is 1460. The largest absolute Gasteiger partial charge is 0.336 e. The lowest BCUT2D eigenvalue weighted by Crippen LogP contribution is -2.50. The van der Waals surface area contributed by atoms with Crippen LogP contribution in [0.15, 0.2) is 84.1 Å². The number of nitrogens with zero attached hydrogens (tertiary/aromatic N) is 4. The smallest absolute Gasteiger partial charge is 0.253 e. The number of carbonyl (C=O) groups excluding carboxylic acids is 2. The molecule has 4 aromatic rings. The Morgan fingerprint density at radius 1 is 1.05 bits per heavy atom. The molecule has 184 valence electrons. The highest BCUT2D eigenvalue weighted by atomic mass is 32.2. The molecule has 0 saturated carbocycles. The van der Waals surface area contributed by atoms with Crippen molar-refractivity contribution in [3.8, 4) is 12.3 Å². The van der Waals surface area contributed by atoms with Crippen LogP contribution in [0.4, 0.5) is 5.69 Å². The molecule has 3 heterocycles. The third-order valence-corrected chi connectivity index (χ3v) is 7.31. The molecule has 7 nitrogen and oxygen atoms in total. The summed E-state index contributed by atoms with van der Waals surface area (Å²) in [6.45, 7) is 2.25. The first-order valence-electron chi connectivity index (χ1n) is 11.9. The van der Waals surface area contributed by atoms with Crippen molar-refractivity contribution in [2.45, 2.75) is 10.9 Å². The summed E-state index contributed by atoms with van der Waals surface area (Å²) in [5.41, 5.74) is 3.69. The van der Waals surface area contributed by atoms with Gasteiger partial charge >= 0.3 is 0 Å². The van der Waals surface area contributed by atoms with Gasteiger partial charge in [0.15, 0.2) is 0 Å². The number of carbonyl (C=O) groups is 2. The number of nitrogens with one attached hydrogen (secondary N) is 1. The van der Waals surface area contributed by atoms with Gasteiger partial charge in [0.1, 0.15) is 6.29 Å². The van der Waals surface area contributed by atoms with Crippen LogP contribution >= 0.6 is 11.9 Å². The first-order chi connectivity index (χ1) is 18.2. The van der Waals surface area contributed by atoms with Gasteiger partial charge < -0.3 is 14.4 Å². The van der Waals surface area contributed by atoms with Crippen LogP contribution in [0.2, 0.25) is 0 Å². The maximum absolute atomic E-state index is 13.2. The van der Waals surface area contributed by atoms with E-state index in [2.05, 4.69) is 25.5 Å². The quantitative estimate of drug-likeness (QED) is 0.225. The summed E-state index contributed by atoms with van der Waals surface area (Å²) < 4.78 is 3.32. The van der Waals surface area contributed by atoms with Crippen molar-refractivity contribution in [3.05, 3.63) is 95.9 Å². The van der Waals surface area contributed by atoms with Crippen molar-refractivity contribution < 1.29 is 9.59 Å². The molecule has 0 radical (unpaired) electrons. The van der Waals surface area contributed by atoms with Crippen molar-refractivity contribution in [2.75, 3.05) is 30.9 Å². The Labute approximate surface area is 220 Å². The van der Waals surface area contributed by atoms with Gasteiger partial charge in [-0.25, -0.2) is 0 Å². The molecule has 1 amide bonds. The highest BCUT2D eigenvalue weighted by Gasteiger charge is 2.27. The molecule has 1 N–H and O–H groups in total. The molecule has 0 aliphatic carbocycles. The molecule has 0 bridgehead atoms. The number of terminal acetylenes is 1. The Morgan fingerprint density at radius 2 is 1.86 bits per heavy atom. The van der Waals surface area contributed by atoms with Crippen LogP contribution in [0.25, 0.3) is 10.9 Å². The number of pyridine rings is 2. The van der Waals surface area contributed by atoms with E-state index < -0.39 is 0 Å². The van der Waals surface area contributed by atoms with Crippen LogP contribution in [0.5, 0.6) is 0 Å². The second kappa shape index (κ2) is 11.2. The SMILES string of the molecule is C#Cc1cc(C(=O)N2CCN(C(C=O)c3cccnc3)CC2)ccc1NSc1cccc2cccnc12. The zero-order chi connectivity index (χ0) is 25.6. The number of hydrogen-bond acceptors (Lipinski definition) is 7. The van der Waals surface area contributed by atoms with E-state index in [0.29, 0.717) is 37.3 Å². The zero-order valence-electron chi connectivity index (χ0n) is 20.1. The molecule has 8 heteroatoms. The minimum Gasteiger partial charge on any atom is -0.336 e. The number of para-hydroxylation sites is 1. The minimum absolute atomic E-state index is 0.0716. The molecular weight excluding hydrogens is 482 g/mol. The molecule has 2 aromatic carbocycles. The summed E-state index contributed by atoms with van der Waals surface area (Å²) in [4.78, 5) is 38.5. The average Bonchev–Trinajstić information content (AvgIpc) is 2.97. The van der Waals surface area contributed by atoms with Crippen molar-refractivity contribution in [1.29, 1.82) is 0 Å². The van der Waals surface area contributed by atoms with E-state index in [1.165, 1.54) is 11.9 Å². The number of aromatic nitrogens is 2. The van der Waals surface area contributed by atoms with E-state index in [4.69, 9.17) is 6.42 Å². The van der Waals surface area contributed by atoms with Crippen LogP contribution in [-0.2, 0) is 4.79 Å². The van der Waals surface area contributed by atoms with Gasteiger partial charge in [0.25, 0.3) is 5.91 Å². The Kier molecular flexibility index (Phi) is 7.45. The fourth-order valence-corrected chi connectivity index (χ4v) is 5.28. The summed E-state index contributed by atoms with van der Waals surface area (Å²) in [6, 6.07) is 18.7. The topological polar surface area (TPSA) is 78.4 Å². The van der Waals surface area contributed by atoms with Gasteiger partial charge in [0.2, 0.25) is 0 Å². The van der Waals surface area contributed by atoms with Crippen LogP contribution in [0.3, 0.4) is 0 Å². The van der Waals surface area contributed by atoms with Crippen molar-refractivity contribution >= 4 is 40.7 Å². The van der Waals surface area contributed by atoms with E-state index in [1.807, 2.05) is 48.5 Å². The lowest BCUT2D eigenvalue weighted by Gasteiger charge is -2.37. The number of hydrogen-bond donors (Lipinski definition) is 1. The van der Waals surface area contributed by atoms with Gasteiger partial charge in [-0.1, -0.05) is 30.2 Å². The number of anilines is 1. The highest BCUT2D eigenvalue weighted by Crippen LogP contribution is 2.29. The number of amides is 1. The number of benzene rings is 2. The fourth-order valence-electron chi connectivity index (χ4n) is 4.47. The normalized spacial score (nSPS) is 14.6. The third-order valence-electron chi connectivity index (χ3n) is 6.44. The Morgan fingerprint density at radius 3 is 2.62 bits per heavy atom. The van der Waals surface area contributed by atoms with E-state index in [0.717, 1.165) is 33.3 Å². The van der Waals surface area contributed by atoms with Crippen LogP contribution < -0.4 is 4.72 Å². The molecule has 2 aromatic heterocycles.